The third-order valence-corrected chi connectivity index (χ3v) is 7.28. The van der Waals surface area contributed by atoms with E-state index >= 15 is 0 Å². The third kappa shape index (κ3) is 10.4. The Labute approximate surface area is 206 Å². The van der Waals surface area contributed by atoms with Gasteiger partial charge in [0, 0.05) is 18.4 Å². The quantitative estimate of drug-likeness (QED) is 0.283. The van der Waals surface area contributed by atoms with Gasteiger partial charge in [0.15, 0.2) is 9.84 Å². The van der Waals surface area contributed by atoms with Crippen LogP contribution in [0.25, 0.3) is 0 Å². The average molecular weight is 486 g/mol. The van der Waals surface area contributed by atoms with Crippen molar-refractivity contribution in [1.82, 2.24) is 11.1 Å². The van der Waals surface area contributed by atoms with Crippen molar-refractivity contribution < 1.29 is 13.2 Å². The van der Waals surface area contributed by atoms with Crippen LogP contribution in [-0.4, -0.2) is 27.1 Å². The second kappa shape index (κ2) is 14.9. The van der Waals surface area contributed by atoms with Gasteiger partial charge < -0.3 is 5.32 Å². The summed E-state index contributed by atoms with van der Waals surface area (Å²) in [6.45, 7) is 2.93. The summed E-state index contributed by atoms with van der Waals surface area (Å²) in [6.07, 6.45) is 14.3. The van der Waals surface area contributed by atoms with Gasteiger partial charge >= 0.3 is 0 Å². The number of nitrogens with one attached hydrogen (secondary N) is 2. The Balaban J connectivity index is 1.71. The van der Waals surface area contributed by atoms with Crippen molar-refractivity contribution in [1.29, 1.82) is 0 Å². The molecule has 2 aromatic carbocycles. The number of unbranched alkanes of at least 4 members (excludes halogenated alkanes) is 9. The zero-order valence-corrected chi connectivity index (χ0v) is 21.6. The number of hydrogen-bond donors (Lipinski definition) is 1. The van der Waals surface area contributed by atoms with Gasteiger partial charge in [0.25, 0.3) is 5.91 Å². The highest BCUT2D eigenvalue weighted by Crippen LogP contribution is 2.20. The summed E-state index contributed by atoms with van der Waals surface area (Å²) in [5.41, 5.74) is 10.7. The minimum Gasteiger partial charge on any atom is -0.352 e. The predicted molar refractivity (Wildman–Crippen MR) is 140 cm³/mol. The van der Waals surface area contributed by atoms with Crippen molar-refractivity contribution in [2.45, 2.75) is 88.5 Å². The van der Waals surface area contributed by atoms with Gasteiger partial charge in [-0.15, -0.1) is 0 Å². The molecule has 0 bridgehead atoms. The van der Waals surface area contributed by atoms with E-state index < -0.39 is 15.9 Å². The van der Waals surface area contributed by atoms with Crippen LogP contribution in [0, 0.1) is 0 Å². The summed E-state index contributed by atoms with van der Waals surface area (Å²) >= 11 is 0. The lowest BCUT2D eigenvalue weighted by atomic mass is 9.98. The zero-order valence-electron chi connectivity index (χ0n) is 20.8. The maximum Gasteiger partial charge on any atom is 0.251 e. The molecule has 5 nitrogen and oxygen atoms in total. The first-order valence-electron chi connectivity index (χ1n) is 12.7. The lowest BCUT2D eigenvalue weighted by Crippen LogP contribution is -2.24. The number of hydrogen-bond acceptors (Lipinski definition) is 3. The van der Waals surface area contributed by atoms with Gasteiger partial charge in [-0.3, -0.25) is 4.79 Å². The second-order valence-corrected chi connectivity index (χ2v) is 11.3. The molecular formula is C28H41N2O3S. The van der Waals surface area contributed by atoms with E-state index in [0.29, 0.717) is 18.5 Å². The number of sulfone groups is 1. The molecule has 2 rings (SSSR count). The predicted octanol–water partition coefficient (Wildman–Crippen LogP) is 6.31. The van der Waals surface area contributed by atoms with E-state index in [0.717, 1.165) is 24.0 Å². The number of benzene rings is 2. The number of carbonyl (C=O) groups is 1. The van der Waals surface area contributed by atoms with Crippen molar-refractivity contribution in [3.8, 4) is 0 Å². The standard InChI is InChI=1S/C28H41N2O3S/c1-3-4-5-6-7-8-9-10-11-12-20-30-28(31)25-15-13-14-23(21-25)22-27(29)24-16-18-26(19-17-24)34(2,32)33/h13-19,21,27,29H,3-12,20,22H2,1-2H3,(H,30,31). The molecule has 0 aliphatic carbocycles. The highest BCUT2D eigenvalue weighted by atomic mass is 32.2. The average Bonchev–Trinajstić information content (AvgIpc) is 2.82. The fraction of sp³-hybridized carbons (Fsp3) is 0.536. The Morgan fingerprint density at radius 2 is 1.47 bits per heavy atom. The highest BCUT2D eigenvalue weighted by molar-refractivity contribution is 7.90. The van der Waals surface area contributed by atoms with Crippen LogP contribution in [0.1, 0.15) is 98.7 Å². The van der Waals surface area contributed by atoms with Crippen LogP contribution >= 0.6 is 0 Å². The minimum absolute atomic E-state index is 0.0724. The van der Waals surface area contributed by atoms with Gasteiger partial charge in [-0.05, 0) is 48.2 Å². The van der Waals surface area contributed by atoms with Crippen molar-refractivity contribution >= 4 is 15.7 Å². The summed E-state index contributed by atoms with van der Waals surface area (Å²) in [6, 6.07) is 13.4. The van der Waals surface area contributed by atoms with E-state index in [1.165, 1.54) is 57.6 Å². The first-order valence-corrected chi connectivity index (χ1v) is 14.6. The topological polar surface area (TPSA) is 87.0 Å². The molecule has 0 aliphatic rings. The van der Waals surface area contributed by atoms with Crippen molar-refractivity contribution in [3.05, 3.63) is 65.2 Å². The Morgan fingerprint density at radius 3 is 2.06 bits per heavy atom. The van der Waals surface area contributed by atoms with Gasteiger partial charge in [-0.25, -0.2) is 14.2 Å². The lowest BCUT2D eigenvalue weighted by molar-refractivity contribution is 0.0952. The first-order chi connectivity index (χ1) is 16.3. The highest BCUT2D eigenvalue weighted by Gasteiger charge is 2.12. The molecule has 0 heterocycles. The SMILES string of the molecule is CCCCCCCCCCCCNC(=O)c1cccc(CC([NH])c2ccc(S(C)(=O)=O)cc2)c1. The summed E-state index contributed by atoms with van der Waals surface area (Å²) < 4.78 is 23.2. The van der Waals surface area contributed by atoms with E-state index in [4.69, 9.17) is 5.73 Å². The fourth-order valence-electron chi connectivity index (χ4n) is 4.06. The van der Waals surface area contributed by atoms with E-state index in [2.05, 4.69) is 12.2 Å². The molecule has 6 heteroatoms. The van der Waals surface area contributed by atoms with Crippen LogP contribution in [0.5, 0.6) is 0 Å². The summed E-state index contributed by atoms with van der Waals surface area (Å²) in [7, 11) is -3.25. The lowest BCUT2D eigenvalue weighted by Gasteiger charge is -2.13. The maximum atomic E-state index is 12.5. The zero-order chi connectivity index (χ0) is 24.8. The van der Waals surface area contributed by atoms with E-state index in [1.54, 1.807) is 30.3 Å². The molecule has 187 valence electrons. The molecule has 2 N–H and O–H groups in total. The normalized spacial score (nSPS) is 12.4. The Hall–Kier alpha value is -2.18. The molecule has 1 radical (unpaired) electrons. The minimum atomic E-state index is -3.25. The molecule has 2 aromatic rings. The van der Waals surface area contributed by atoms with Gasteiger partial charge in [0.2, 0.25) is 0 Å². The Bertz CT molecular complexity index is 971. The maximum absolute atomic E-state index is 12.5. The smallest absolute Gasteiger partial charge is 0.251 e. The van der Waals surface area contributed by atoms with E-state index in [-0.39, 0.29) is 10.8 Å². The summed E-state index contributed by atoms with van der Waals surface area (Å²) in [5, 5.41) is 3.01. The monoisotopic (exact) mass is 485 g/mol. The van der Waals surface area contributed by atoms with Gasteiger partial charge in [-0.1, -0.05) is 89.0 Å². The molecular weight excluding hydrogens is 444 g/mol. The summed E-state index contributed by atoms with van der Waals surface area (Å²) in [5.74, 6) is -0.0724. The largest absolute Gasteiger partial charge is 0.352 e. The molecule has 34 heavy (non-hydrogen) atoms. The van der Waals surface area contributed by atoms with Crippen molar-refractivity contribution in [3.63, 3.8) is 0 Å². The summed E-state index contributed by atoms with van der Waals surface area (Å²) in [4.78, 5) is 12.8. The van der Waals surface area contributed by atoms with Crippen LogP contribution < -0.4 is 11.1 Å². The molecule has 0 saturated heterocycles. The molecule has 1 unspecified atom stereocenters. The van der Waals surface area contributed by atoms with Gasteiger partial charge in [0.1, 0.15) is 0 Å². The van der Waals surface area contributed by atoms with Gasteiger partial charge in [0.05, 0.1) is 10.9 Å². The molecule has 0 aliphatic heterocycles. The molecule has 0 spiro atoms. The molecule has 0 saturated carbocycles. The van der Waals surface area contributed by atoms with Crippen LogP contribution in [-0.2, 0) is 16.3 Å². The molecule has 1 atom stereocenters. The molecule has 0 fully saturated rings. The van der Waals surface area contributed by atoms with Crippen LogP contribution in [0.2, 0.25) is 0 Å². The van der Waals surface area contributed by atoms with Crippen molar-refractivity contribution in [2.24, 2.45) is 0 Å². The number of rotatable bonds is 16. The van der Waals surface area contributed by atoms with Crippen molar-refractivity contribution in [2.75, 3.05) is 12.8 Å². The van der Waals surface area contributed by atoms with Crippen LogP contribution in [0.15, 0.2) is 53.4 Å². The Morgan fingerprint density at radius 1 is 0.882 bits per heavy atom. The van der Waals surface area contributed by atoms with Crippen LogP contribution in [0.4, 0.5) is 0 Å². The number of amides is 1. The molecule has 1 amide bonds. The fourth-order valence-corrected chi connectivity index (χ4v) is 4.69. The first kappa shape index (κ1) is 28.1. The van der Waals surface area contributed by atoms with E-state index in [1.807, 2.05) is 18.2 Å². The van der Waals surface area contributed by atoms with Gasteiger partial charge in [-0.2, -0.15) is 0 Å². The Kier molecular flexibility index (Phi) is 12.3. The third-order valence-electron chi connectivity index (χ3n) is 6.16. The molecule has 0 aromatic heterocycles. The second-order valence-electron chi connectivity index (χ2n) is 9.24. The number of carbonyl (C=O) groups excluding carboxylic acids is 1. The van der Waals surface area contributed by atoms with E-state index in [9.17, 15) is 13.2 Å². The van der Waals surface area contributed by atoms with Crippen LogP contribution in [0.3, 0.4) is 0 Å².